The summed E-state index contributed by atoms with van der Waals surface area (Å²) in [6.45, 7) is 3.33. The van der Waals surface area contributed by atoms with Crippen LogP contribution in [0.1, 0.15) is 13.8 Å². The number of rotatable bonds is 2. The normalized spacial score (nSPS) is 14.7. The van der Waals surface area contributed by atoms with Crippen molar-refractivity contribution in [2.24, 2.45) is 0 Å². The molecule has 2 unspecified atom stereocenters. The van der Waals surface area contributed by atoms with E-state index < -0.39 is 0 Å². The van der Waals surface area contributed by atoms with Gasteiger partial charge in [-0.1, -0.05) is 31.9 Å². The minimum absolute atomic E-state index is 0.281. The van der Waals surface area contributed by atoms with Crippen LogP contribution in [0.15, 0.2) is 0 Å². The summed E-state index contributed by atoms with van der Waals surface area (Å²) in [4.78, 5) is 21.1. The third kappa shape index (κ3) is 4.71. The Morgan fingerprint density at radius 2 is 1.25 bits per heavy atom. The first kappa shape index (κ1) is 11.9. The van der Waals surface area contributed by atoms with Crippen LogP contribution < -0.4 is 10.9 Å². The summed E-state index contributed by atoms with van der Waals surface area (Å²) in [7, 11) is 0. The number of hydrogen-bond acceptors (Lipinski definition) is 2. The molecule has 0 bridgehead atoms. The largest absolute Gasteiger partial charge is 0.272 e. The Labute approximate surface area is 87.7 Å². The zero-order chi connectivity index (χ0) is 9.72. The topological polar surface area (TPSA) is 58.2 Å². The molecule has 12 heavy (non-hydrogen) atoms. The van der Waals surface area contributed by atoms with Gasteiger partial charge in [0, 0.05) is 0 Å². The molecule has 0 aromatic rings. The van der Waals surface area contributed by atoms with E-state index in [0.29, 0.717) is 0 Å². The molecule has 0 aliphatic carbocycles. The van der Waals surface area contributed by atoms with E-state index in [1.54, 1.807) is 13.8 Å². The van der Waals surface area contributed by atoms with Gasteiger partial charge in [0.1, 0.15) is 0 Å². The molecule has 0 saturated heterocycles. The molecular weight excluding hydrogens is 292 g/mol. The van der Waals surface area contributed by atoms with E-state index in [4.69, 9.17) is 0 Å². The summed E-state index contributed by atoms with van der Waals surface area (Å²) < 4.78 is 0. The zero-order valence-corrected chi connectivity index (χ0v) is 9.90. The monoisotopic (exact) mass is 300 g/mol. The molecular formula is C6H10Br2N2O2. The van der Waals surface area contributed by atoms with E-state index in [9.17, 15) is 9.59 Å². The van der Waals surface area contributed by atoms with Crippen LogP contribution in [-0.4, -0.2) is 21.5 Å². The van der Waals surface area contributed by atoms with Gasteiger partial charge in [-0.25, -0.2) is 0 Å². The molecule has 0 aromatic carbocycles. The SMILES string of the molecule is CC(Br)C(=O)NNC(=O)C(C)Br. The Morgan fingerprint density at radius 3 is 1.42 bits per heavy atom. The van der Waals surface area contributed by atoms with Gasteiger partial charge in [-0.3, -0.25) is 20.4 Å². The Balaban J connectivity index is 3.69. The van der Waals surface area contributed by atoms with Crippen molar-refractivity contribution in [3.63, 3.8) is 0 Å². The van der Waals surface area contributed by atoms with E-state index in [1.165, 1.54) is 0 Å². The molecule has 4 nitrogen and oxygen atoms in total. The second kappa shape index (κ2) is 5.53. The van der Waals surface area contributed by atoms with E-state index >= 15 is 0 Å². The van der Waals surface area contributed by atoms with Gasteiger partial charge in [0.05, 0.1) is 9.65 Å². The molecule has 2 amide bonds. The smallest absolute Gasteiger partial charge is 0.251 e. The van der Waals surface area contributed by atoms with Crippen LogP contribution >= 0.6 is 31.9 Å². The fourth-order valence-corrected chi connectivity index (χ4v) is 0.551. The highest BCUT2D eigenvalue weighted by molar-refractivity contribution is 9.10. The fourth-order valence-electron chi connectivity index (χ4n) is 0.322. The number of alkyl halides is 2. The molecule has 2 atom stereocenters. The maximum Gasteiger partial charge on any atom is 0.251 e. The molecule has 0 aliphatic heterocycles. The van der Waals surface area contributed by atoms with Gasteiger partial charge in [-0.05, 0) is 13.8 Å². The van der Waals surface area contributed by atoms with Crippen LogP contribution in [0.3, 0.4) is 0 Å². The third-order valence-corrected chi connectivity index (χ3v) is 1.86. The lowest BCUT2D eigenvalue weighted by atomic mass is 10.4. The Hall–Kier alpha value is -0.100. The first-order chi connectivity index (χ1) is 5.45. The van der Waals surface area contributed by atoms with Crippen molar-refractivity contribution in [3.8, 4) is 0 Å². The highest BCUT2D eigenvalue weighted by atomic mass is 79.9. The van der Waals surface area contributed by atoms with E-state index in [1.807, 2.05) is 0 Å². The van der Waals surface area contributed by atoms with Crippen LogP contribution in [0.5, 0.6) is 0 Å². The minimum atomic E-state index is -0.316. The highest BCUT2D eigenvalue weighted by Crippen LogP contribution is 1.97. The number of halogens is 2. The molecule has 0 fully saturated rings. The summed E-state index contributed by atoms with van der Waals surface area (Å²) in [5.74, 6) is -0.562. The van der Waals surface area contributed by atoms with Crippen LogP contribution in [-0.2, 0) is 9.59 Å². The van der Waals surface area contributed by atoms with E-state index in [-0.39, 0.29) is 21.5 Å². The second-order valence-electron chi connectivity index (χ2n) is 2.21. The summed E-state index contributed by atoms with van der Waals surface area (Å²) in [6, 6.07) is 0. The van der Waals surface area contributed by atoms with E-state index in [2.05, 4.69) is 42.7 Å². The zero-order valence-electron chi connectivity index (χ0n) is 6.73. The van der Waals surface area contributed by atoms with Crippen molar-refractivity contribution < 1.29 is 9.59 Å². The average molecular weight is 302 g/mol. The van der Waals surface area contributed by atoms with Crippen molar-refractivity contribution >= 4 is 43.7 Å². The quantitative estimate of drug-likeness (QED) is 0.583. The predicted molar refractivity (Wildman–Crippen MR) is 53.1 cm³/mol. The van der Waals surface area contributed by atoms with Gasteiger partial charge in [0.25, 0.3) is 11.8 Å². The molecule has 0 aromatic heterocycles. The predicted octanol–water partition coefficient (Wildman–Crippen LogP) is 0.701. The summed E-state index contributed by atoms with van der Waals surface area (Å²) in [6.07, 6.45) is 0. The third-order valence-electron chi connectivity index (χ3n) is 1.03. The van der Waals surface area contributed by atoms with Crippen LogP contribution in [0.25, 0.3) is 0 Å². The van der Waals surface area contributed by atoms with Gasteiger partial charge < -0.3 is 0 Å². The van der Waals surface area contributed by atoms with Crippen molar-refractivity contribution in [1.29, 1.82) is 0 Å². The number of hydrogen-bond donors (Lipinski definition) is 2. The molecule has 0 rings (SSSR count). The summed E-state index contributed by atoms with van der Waals surface area (Å²) in [5.41, 5.74) is 4.50. The minimum Gasteiger partial charge on any atom is -0.272 e. The lowest BCUT2D eigenvalue weighted by Gasteiger charge is -2.08. The molecule has 2 N–H and O–H groups in total. The van der Waals surface area contributed by atoms with Gasteiger partial charge in [0.2, 0.25) is 0 Å². The molecule has 70 valence electrons. The van der Waals surface area contributed by atoms with Crippen LogP contribution in [0, 0.1) is 0 Å². The van der Waals surface area contributed by atoms with Crippen molar-refractivity contribution in [2.45, 2.75) is 23.5 Å². The van der Waals surface area contributed by atoms with E-state index in [0.717, 1.165) is 0 Å². The Morgan fingerprint density at radius 1 is 1.00 bits per heavy atom. The molecule has 0 aliphatic rings. The van der Waals surface area contributed by atoms with Gasteiger partial charge in [-0.2, -0.15) is 0 Å². The maximum atomic E-state index is 10.9. The molecule has 0 spiro atoms. The van der Waals surface area contributed by atoms with Gasteiger partial charge in [0.15, 0.2) is 0 Å². The standard InChI is InChI=1S/C6H10Br2N2O2/c1-3(7)5(11)9-10-6(12)4(2)8/h3-4H,1-2H3,(H,9,11)(H,10,12). The Bertz CT molecular complexity index is 162. The van der Waals surface area contributed by atoms with Crippen molar-refractivity contribution in [3.05, 3.63) is 0 Å². The molecule has 0 saturated carbocycles. The fraction of sp³-hybridized carbons (Fsp3) is 0.667. The molecule has 0 heterocycles. The lowest BCUT2D eigenvalue weighted by molar-refractivity contribution is -0.127. The summed E-state index contributed by atoms with van der Waals surface area (Å²) in [5, 5.41) is 0. The van der Waals surface area contributed by atoms with Crippen LogP contribution in [0.2, 0.25) is 0 Å². The second-order valence-corrected chi connectivity index (χ2v) is 4.96. The number of carbonyl (C=O) groups excluding carboxylic acids is 2. The number of carbonyl (C=O) groups is 2. The number of amides is 2. The maximum absolute atomic E-state index is 10.9. The lowest BCUT2D eigenvalue weighted by Crippen LogP contribution is -2.46. The molecule has 0 radical (unpaired) electrons. The summed E-state index contributed by atoms with van der Waals surface area (Å²) >= 11 is 6.10. The first-order valence-corrected chi connectivity index (χ1v) is 5.16. The Kier molecular flexibility index (Phi) is 5.48. The van der Waals surface area contributed by atoms with Gasteiger partial charge >= 0.3 is 0 Å². The van der Waals surface area contributed by atoms with Crippen LogP contribution in [0.4, 0.5) is 0 Å². The molecule has 6 heteroatoms. The highest BCUT2D eigenvalue weighted by Gasteiger charge is 2.11. The number of hydrazine groups is 1. The van der Waals surface area contributed by atoms with Gasteiger partial charge in [-0.15, -0.1) is 0 Å². The van der Waals surface area contributed by atoms with Crippen molar-refractivity contribution in [2.75, 3.05) is 0 Å². The van der Waals surface area contributed by atoms with Crippen molar-refractivity contribution in [1.82, 2.24) is 10.9 Å². The number of nitrogens with one attached hydrogen (secondary N) is 2. The first-order valence-electron chi connectivity index (χ1n) is 3.33. The average Bonchev–Trinajstić information content (AvgIpc) is 1.98.